The first-order valence-electron chi connectivity index (χ1n) is 7.19. The monoisotopic (exact) mass is 322 g/mol. The molecule has 0 spiro atoms. The molecule has 0 saturated carbocycles. The van der Waals surface area contributed by atoms with E-state index in [1.54, 1.807) is 30.3 Å². The SMILES string of the molecule is Cc1ccc(O)c(C(=O)c2cnn(-c3ccccc3C(=O)O)c2)c1. The van der Waals surface area contributed by atoms with Crippen molar-refractivity contribution in [1.29, 1.82) is 0 Å². The molecule has 0 saturated heterocycles. The number of nitrogens with zero attached hydrogens (tertiary/aromatic N) is 2. The average Bonchev–Trinajstić information content (AvgIpc) is 3.06. The smallest absolute Gasteiger partial charge is 0.337 e. The van der Waals surface area contributed by atoms with Gasteiger partial charge < -0.3 is 10.2 Å². The van der Waals surface area contributed by atoms with Crippen LogP contribution in [0.4, 0.5) is 0 Å². The molecule has 24 heavy (non-hydrogen) atoms. The lowest BCUT2D eigenvalue weighted by Crippen LogP contribution is -2.05. The maximum absolute atomic E-state index is 12.6. The molecular weight excluding hydrogens is 308 g/mol. The molecule has 0 radical (unpaired) electrons. The number of carboxylic acid groups (broad SMARTS) is 1. The lowest BCUT2D eigenvalue weighted by atomic mass is 10.0. The number of ketones is 1. The van der Waals surface area contributed by atoms with Crippen LogP contribution in [0.25, 0.3) is 5.69 Å². The summed E-state index contributed by atoms with van der Waals surface area (Å²) >= 11 is 0. The number of aryl methyl sites for hydroxylation is 1. The summed E-state index contributed by atoms with van der Waals surface area (Å²) in [4.78, 5) is 23.9. The Morgan fingerprint density at radius 3 is 2.58 bits per heavy atom. The number of hydrogen-bond donors (Lipinski definition) is 2. The molecule has 3 rings (SSSR count). The van der Waals surface area contributed by atoms with Crippen molar-refractivity contribution < 1.29 is 19.8 Å². The van der Waals surface area contributed by atoms with Crippen LogP contribution < -0.4 is 0 Å². The first-order valence-corrected chi connectivity index (χ1v) is 7.19. The van der Waals surface area contributed by atoms with Crippen molar-refractivity contribution in [3.05, 3.63) is 77.1 Å². The minimum atomic E-state index is -1.08. The third kappa shape index (κ3) is 2.77. The van der Waals surface area contributed by atoms with Crippen LogP contribution in [-0.2, 0) is 0 Å². The van der Waals surface area contributed by atoms with E-state index in [0.29, 0.717) is 5.69 Å². The second kappa shape index (κ2) is 6.00. The molecular formula is C18H14N2O4. The van der Waals surface area contributed by atoms with Crippen molar-refractivity contribution in [2.45, 2.75) is 6.92 Å². The van der Waals surface area contributed by atoms with Crippen LogP contribution in [0.5, 0.6) is 5.75 Å². The Morgan fingerprint density at radius 1 is 1.08 bits per heavy atom. The molecule has 6 heteroatoms. The van der Waals surface area contributed by atoms with Crippen molar-refractivity contribution in [3.8, 4) is 11.4 Å². The van der Waals surface area contributed by atoms with Gasteiger partial charge in [-0.3, -0.25) is 4.79 Å². The minimum Gasteiger partial charge on any atom is -0.507 e. The number of carboxylic acids is 1. The highest BCUT2D eigenvalue weighted by Crippen LogP contribution is 2.22. The van der Waals surface area contributed by atoms with Gasteiger partial charge in [-0.05, 0) is 31.2 Å². The molecule has 2 N–H and O–H groups in total. The fraction of sp³-hybridized carbons (Fsp3) is 0.0556. The van der Waals surface area contributed by atoms with E-state index >= 15 is 0 Å². The number of phenolic OH excluding ortho intramolecular Hbond substituents is 1. The minimum absolute atomic E-state index is 0.0815. The first-order chi connectivity index (χ1) is 11.5. The summed E-state index contributed by atoms with van der Waals surface area (Å²) in [7, 11) is 0. The molecule has 6 nitrogen and oxygen atoms in total. The van der Waals surface area contributed by atoms with Crippen molar-refractivity contribution in [3.63, 3.8) is 0 Å². The van der Waals surface area contributed by atoms with Gasteiger partial charge in [0, 0.05) is 6.20 Å². The summed E-state index contributed by atoms with van der Waals surface area (Å²) in [5.41, 5.74) is 1.73. The van der Waals surface area contributed by atoms with E-state index in [4.69, 9.17) is 0 Å². The zero-order valence-electron chi connectivity index (χ0n) is 12.8. The van der Waals surface area contributed by atoms with E-state index in [1.807, 2.05) is 6.92 Å². The topological polar surface area (TPSA) is 92.4 Å². The molecule has 2 aromatic carbocycles. The summed E-state index contributed by atoms with van der Waals surface area (Å²) < 4.78 is 1.34. The first kappa shape index (κ1) is 15.5. The summed E-state index contributed by atoms with van der Waals surface area (Å²) in [5.74, 6) is -1.56. The standard InChI is InChI=1S/C18H14N2O4/c1-11-6-7-16(21)14(8-11)17(22)12-9-19-20(10-12)15-5-3-2-4-13(15)18(23)24/h2-10,21H,1H3,(H,23,24). The van der Waals surface area contributed by atoms with Gasteiger partial charge in [-0.1, -0.05) is 23.8 Å². The fourth-order valence-electron chi connectivity index (χ4n) is 2.41. The second-order valence-corrected chi connectivity index (χ2v) is 5.35. The van der Waals surface area contributed by atoms with E-state index in [-0.39, 0.29) is 28.2 Å². The molecule has 0 aliphatic rings. The van der Waals surface area contributed by atoms with Crippen LogP contribution in [0.3, 0.4) is 0 Å². The lowest BCUT2D eigenvalue weighted by molar-refractivity contribution is 0.0696. The van der Waals surface area contributed by atoms with Gasteiger partial charge in [0.1, 0.15) is 5.75 Å². The third-order valence-corrected chi connectivity index (χ3v) is 3.62. The fourth-order valence-corrected chi connectivity index (χ4v) is 2.41. The highest BCUT2D eigenvalue weighted by molar-refractivity contribution is 6.10. The van der Waals surface area contributed by atoms with E-state index in [0.717, 1.165) is 5.56 Å². The van der Waals surface area contributed by atoms with Gasteiger partial charge in [0.15, 0.2) is 5.78 Å². The molecule has 0 unspecified atom stereocenters. The molecule has 0 fully saturated rings. The van der Waals surface area contributed by atoms with Gasteiger partial charge in [0.2, 0.25) is 0 Å². The van der Waals surface area contributed by atoms with Gasteiger partial charge in [0.25, 0.3) is 0 Å². The number of hydrogen-bond acceptors (Lipinski definition) is 4. The Bertz CT molecular complexity index is 944. The average molecular weight is 322 g/mol. The van der Waals surface area contributed by atoms with Crippen molar-refractivity contribution >= 4 is 11.8 Å². The van der Waals surface area contributed by atoms with E-state index in [9.17, 15) is 19.8 Å². The number of phenols is 1. The van der Waals surface area contributed by atoms with Crippen LogP contribution in [-0.4, -0.2) is 31.7 Å². The quantitative estimate of drug-likeness (QED) is 0.721. The van der Waals surface area contributed by atoms with Gasteiger partial charge in [0.05, 0.1) is 28.6 Å². The molecule has 0 aliphatic heterocycles. The van der Waals surface area contributed by atoms with Crippen LogP contribution >= 0.6 is 0 Å². The van der Waals surface area contributed by atoms with Crippen molar-refractivity contribution in [2.24, 2.45) is 0 Å². The van der Waals surface area contributed by atoms with Gasteiger partial charge in [-0.25, -0.2) is 9.48 Å². The Hall–Kier alpha value is -3.41. The van der Waals surface area contributed by atoms with Gasteiger partial charge in [-0.15, -0.1) is 0 Å². The Labute approximate surface area is 137 Å². The van der Waals surface area contributed by atoms with Gasteiger partial charge >= 0.3 is 5.97 Å². The molecule has 1 heterocycles. The summed E-state index contributed by atoms with van der Waals surface area (Å²) in [6.45, 7) is 1.82. The zero-order valence-corrected chi connectivity index (χ0v) is 12.8. The summed E-state index contributed by atoms with van der Waals surface area (Å²) in [6.07, 6.45) is 2.80. The molecule has 0 amide bonds. The van der Waals surface area contributed by atoms with Crippen LogP contribution in [0.2, 0.25) is 0 Å². The maximum atomic E-state index is 12.6. The van der Waals surface area contributed by atoms with E-state index in [2.05, 4.69) is 5.10 Å². The number of aromatic carboxylic acids is 1. The number of aromatic hydroxyl groups is 1. The van der Waals surface area contributed by atoms with Crippen molar-refractivity contribution in [1.82, 2.24) is 9.78 Å². The van der Waals surface area contributed by atoms with Crippen LogP contribution in [0.15, 0.2) is 54.9 Å². The Morgan fingerprint density at radius 2 is 1.83 bits per heavy atom. The van der Waals surface area contributed by atoms with E-state index < -0.39 is 5.97 Å². The number of carbonyl (C=O) groups is 2. The maximum Gasteiger partial charge on any atom is 0.337 e. The highest BCUT2D eigenvalue weighted by atomic mass is 16.4. The van der Waals surface area contributed by atoms with Crippen LogP contribution in [0.1, 0.15) is 31.8 Å². The largest absolute Gasteiger partial charge is 0.507 e. The Balaban J connectivity index is 2.01. The third-order valence-electron chi connectivity index (χ3n) is 3.62. The predicted octanol–water partition coefficient (Wildman–Crippen LogP) is 2.82. The summed E-state index contributed by atoms with van der Waals surface area (Å²) in [6, 6.07) is 11.2. The molecule has 3 aromatic rings. The number of carbonyl (C=O) groups excluding carboxylic acids is 1. The van der Waals surface area contributed by atoms with Crippen LogP contribution in [0, 0.1) is 6.92 Å². The summed E-state index contributed by atoms with van der Waals surface area (Å²) in [5, 5.41) is 23.2. The van der Waals surface area contributed by atoms with Crippen molar-refractivity contribution in [2.75, 3.05) is 0 Å². The number of aromatic nitrogens is 2. The zero-order chi connectivity index (χ0) is 17.3. The van der Waals surface area contributed by atoms with Gasteiger partial charge in [-0.2, -0.15) is 5.10 Å². The molecule has 1 aromatic heterocycles. The normalized spacial score (nSPS) is 10.5. The highest BCUT2D eigenvalue weighted by Gasteiger charge is 2.17. The lowest BCUT2D eigenvalue weighted by Gasteiger charge is -2.05. The van der Waals surface area contributed by atoms with E-state index in [1.165, 1.54) is 29.2 Å². The predicted molar refractivity (Wildman–Crippen MR) is 86.8 cm³/mol. The molecule has 0 bridgehead atoms. The number of benzene rings is 2. The number of rotatable bonds is 4. The molecule has 120 valence electrons. The molecule has 0 atom stereocenters. The molecule has 0 aliphatic carbocycles. The second-order valence-electron chi connectivity index (χ2n) is 5.35. The Kier molecular flexibility index (Phi) is 3.87. The number of para-hydroxylation sites is 1.